The summed E-state index contributed by atoms with van der Waals surface area (Å²) in [6, 6.07) is 8.52. The van der Waals surface area contributed by atoms with Gasteiger partial charge >= 0.3 is 6.09 Å². The number of nitrogens with zero attached hydrogens (tertiary/aromatic N) is 1. The third kappa shape index (κ3) is 5.75. The highest BCUT2D eigenvalue weighted by molar-refractivity contribution is 9.10. The second-order valence-corrected chi connectivity index (χ2v) is 8.11. The summed E-state index contributed by atoms with van der Waals surface area (Å²) in [7, 11) is 0. The van der Waals surface area contributed by atoms with Crippen LogP contribution in [0.25, 0.3) is 10.9 Å². The molecule has 1 unspecified atom stereocenters. The summed E-state index contributed by atoms with van der Waals surface area (Å²) in [5.74, 6) is 0. The third-order valence-corrected chi connectivity index (χ3v) is 4.43. The zero-order chi connectivity index (χ0) is 18.6. The maximum Gasteiger partial charge on any atom is 0.410 e. The van der Waals surface area contributed by atoms with Gasteiger partial charge in [0, 0.05) is 46.7 Å². The number of carbonyl (C=O) groups excluding carboxylic acids is 1. The first-order valence-corrected chi connectivity index (χ1v) is 9.48. The molecule has 138 valence electrons. The predicted octanol–water partition coefficient (Wildman–Crippen LogP) is 4.84. The Morgan fingerprint density at radius 3 is 2.72 bits per heavy atom. The number of carbonyl (C=O) groups is 1. The fraction of sp³-hybridized carbons (Fsp3) is 0.526. The van der Waals surface area contributed by atoms with Gasteiger partial charge < -0.3 is 19.9 Å². The Hall–Kier alpha value is -1.53. The van der Waals surface area contributed by atoms with Crippen molar-refractivity contribution in [2.45, 2.75) is 46.3 Å². The maximum absolute atomic E-state index is 12.2. The van der Waals surface area contributed by atoms with Crippen molar-refractivity contribution in [2.75, 3.05) is 19.6 Å². The van der Waals surface area contributed by atoms with Gasteiger partial charge in [-0.05, 0) is 58.9 Å². The van der Waals surface area contributed by atoms with Crippen LogP contribution in [-0.4, -0.2) is 41.2 Å². The van der Waals surface area contributed by atoms with Crippen LogP contribution in [0.15, 0.2) is 28.7 Å². The fourth-order valence-electron chi connectivity index (χ4n) is 2.59. The number of ether oxygens (including phenoxy) is 1. The molecule has 1 amide bonds. The molecule has 0 spiro atoms. The van der Waals surface area contributed by atoms with E-state index in [2.05, 4.69) is 51.4 Å². The molecule has 5 nitrogen and oxygen atoms in total. The van der Waals surface area contributed by atoms with Crippen LogP contribution in [0.4, 0.5) is 4.79 Å². The van der Waals surface area contributed by atoms with Gasteiger partial charge in [-0.3, -0.25) is 0 Å². The van der Waals surface area contributed by atoms with Crippen LogP contribution in [0.1, 0.15) is 46.4 Å². The van der Waals surface area contributed by atoms with Gasteiger partial charge in [0.25, 0.3) is 0 Å². The Balaban J connectivity index is 1.89. The molecule has 0 saturated carbocycles. The molecule has 0 saturated heterocycles. The van der Waals surface area contributed by atoms with Crippen molar-refractivity contribution in [3.8, 4) is 0 Å². The van der Waals surface area contributed by atoms with E-state index in [9.17, 15) is 4.79 Å². The van der Waals surface area contributed by atoms with Gasteiger partial charge in [0.05, 0.1) is 0 Å². The lowest BCUT2D eigenvalue weighted by atomic mass is 10.2. The summed E-state index contributed by atoms with van der Waals surface area (Å²) in [5.41, 5.74) is 1.79. The second-order valence-electron chi connectivity index (χ2n) is 7.19. The van der Waals surface area contributed by atoms with Crippen molar-refractivity contribution in [3.63, 3.8) is 0 Å². The molecule has 2 N–H and O–H groups in total. The molecular formula is C19H28BrN3O2. The molecule has 1 aromatic heterocycles. The average Bonchev–Trinajstić information content (AvgIpc) is 2.92. The van der Waals surface area contributed by atoms with E-state index in [1.54, 1.807) is 4.90 Å². The molecule has 0 bridgehead atoms. The smallest absolute Gasteiger partial charge is 0.410 e. The van der Waals surface area contributed by atoms with Crippen molar-refractivity contribution in [1.29, 1.82) is 0 Å². The van der Waals surface area contributed by atoms with Gasteiger partial charge in [-0.2, -0.15) is 0 Å². The van der Waals surface area contributed by atoms with Crippen LogP contribution in [0, 0.1) is 0 Å². The number of aromatic nitrogens is 1. The van der Waals surface area contributed by atoms with Gasteiger partial charge in [0.15, 0.2) is 0 Å². The highest BCUT2D eigenvalue weighted by Crippen LogP contribution is 2.23. The monoisotopic (exact) mass is 409 g/mol. The van der Waals surface area contributed by atoms with Crippen LogP contribution in [0.3, 0.4) is 0 Å². The van der Waals surface area contributed by atoms with Gasteiger partial charge in [-0.1, -0.05) is 15.9 Å². The third-order valence-electron chi connectivity index (χ3n) is 3.94. The van der Waals surface area contributed by atoms with E-state index in [-0.39, 0.29) is 12.1 Å². The lowest BCUT2D eigenvalue weighted by Gasteiger charge is -2.27. The Kier molecular flexibility index (Phi) is 6.52. The Morgan fingerprint density at radius 1 is 1.36 bits per heavy atom. The van der Waals surface area contributed by atoms with Crippen LogP contribution in [0.2, 0.25) is 0 Å². The van der Waals surface area contributed by atoms with Crippen LogP contribution < -0.4 is 5.32 Å². The first-order chi connectivity index (χ1) is 11.7. The first-order valence-electron chi connectivity index (χ1n) is 8.69. The highest BCUT2D eigenvalue weighted by atomic mass is 79.9. The Bertz CT molecular complexity index is 721. The Morgan fingerprint density at radius 2 is 2.08 bits per heavy atom. The number of rotatable bonds is 6. The zero-order valence-corrected chi connectivity index (χ0v) is 17.2. The number of aromatic amines is 1. The topological polar surface area (TPSA) is 57.4 Å². The number of hydrogen-bond donors (Lipinski definition) is 2. The number of hydrogen-bond acceptors (Lipinski definition) is 3. The minimum atomic E-state index is -0.468. The lowest BCUT2D eigenvalue weighted by Crippen LogP contribution is -2.40. The summed E-state index contributed by atoms with van der Waals surface area (Å²) in [4.78, 5) is 17.3. The van der Waals surface area contributed by atoms with E-state index in [1.165, 1.54) is 5.39 Å². The Labute approximate surface area is 158 Å². The molecule has 0 radical (unpaired) electrons. The summed E-state index contributed by atoms with van der Waals surface area (Å²) < 4.78 is 6.50. The summed E-state index contributed by atoms with van der Waals surface area (Å²) >= 11 is 3.50. The molecule has 1 aromatic carbocycles. The molecule has 0 aliphatic rings. The molecule has 0 fully saturated rings. The summed E-state index contributed by atoms with van der Waals surface area (Å²) in [6.45, 7) is 11.7. The first kappa shape index (κ1) is 19.8. The molecule has 1 heterocycles. The van der Waals surface area contributed by atoms with Crippen LogP contribution >= 0.6 is 15.9 Å². The number of benzene rings is 1. The van der Waals surface area contributed by atoms with Gasteiger partial charge in [0.1, 0.15) is 5.60 Å². The summed E-state index contributed by atoms with van der Waals surface area (Å²) in [5, 5.41) is 4.65. The molecule has 2 rings (SSSR count). The van der Waals surface area contributed by atoms with E-state index >= 15 is 0 Å². The lowest BCUT2D eigenvalue weighted by molar-refractivity contribution is 0.0261. The minimum Gasteiger partial charge on any atom is -0.444 e. The zero-order valence-electron chi connectivity index (χ0n) is 15.6. The second kappa shape index (κ2) is 8.23. The molecule has 25 heavy (non-hydrogen) atoms. The number of likely N-dealkylation sites (N-methyl/N-ethyl adjacent to an activating group) is 1. The van der Waals surface area contributed by atoms with Gasteiger partial charge in [-0.15, -0.1) is 0 Å². The molecular weight excluding hydrogens is 382 g/mol. The van der Waals surface area contributed by atoms with E-state index in [0.29, 0.717) is 19.6 Å². The molecule has 0 aliphatic carbocycles. The number of nitrogens with one attached hydrogen (secondary N) is 2. The molecule has 6 heteroatoms. The number of halogens is 1. The van der Waals surface area contributed by atoms with E-state index in [0.717, 1.165) is 15.7 Å². The number of fused-ring (bicyclic) bond motifs is 1. The summed E-state index contributed by atoms with van der Waals surface area (Å²) in [6.07, 6.45) is -0.264. The SMILES string of the molecule is CCN(CCNC(C)c1cc2cc(Br)ccc2[nH]1)C(=O)OC(C)(C)C. The van der Waals surface area contributed by atoms with Crippen LogP contribution in [0.5, 0.6) is 0 Å². The van der Waals surface area contributed by atoms with Crippen molar-refractivity contribution >= 4 is 32.9 Å². The highest BCUT2D eigenvalue weighted by Gasteiger charge is 2.21. The normalized spacial score (nSPS) is 13.0. The molecule has 0 aliphatic heterocycles. The van der Waals surface area contributed by atoms with Crippen molar-refractivity contribution in [1.82, 2.24) is 15.2 Å². The van der Waals surface area contributed by atoms with E-state index in [1.807, 2.05) is 33.8 Å². The number of amides is 1. The predicted molar refractivity (Wildman–Crippen MR) is 106 cm³/mol. The average molecular weight is 410 g/mol. The van der Waals surface area contributed by atoms with Gasteiger partial charge in [-0.25, -0.2) is 4.79 Å². The standard InChI is InChI=1S/C19H28BrN3O2/c1-6-23(18(24)25-19(3,4)5)10-9-21-13(2)17-12-14-11-15(20)7-8-16(14)22-17/h7-8,11-13,21-22H,6,9-10H2,1-5H3. The van der Waals surface area contributed by atoms with E-state index in [4.69, 9.17) is 4.74 Å². The van der Waals surface area contributed by atoms with Crippen LogP contribution in [-0.2, 0) is 4.74 Å². The van der Waals surface area contributed by atoms with E-state index < -0.39 is 5.60 Å². The maximum atomic E-state index is 12.2. The van der Waals surface area contributed by atoms with Crippen molar-refractivity contribution < 1.29 is 9.53 Å². The van der Waals surface area contributed by atoms with Crippen molar-refractivity contribution in [2.24, 2.45) is 0 Å². The van der Waals surface area contributed by atoms with Crippen molar-refractivity contribution in [3.05, 3.63) is 34.4 Å². The number of H-pyrrole nitrogens is 1. The largest absolute Gasteiger partial charge is 0.444 e. The molecule has 1 atom stereocenters. The fourth-order valence-corrected chi connectivity index (χ4v) is 2.97. The van der Waals surface area contributed by atoms with Gasteiger partial charge in [0.2, 0.25) is 0 Å². The minimum absolute atomic E-state index is 0.170. The molecule has 2 aromatic rings. The quantitative estimate of drug-likeness (QED) is 0.717.